The molecule has 11 heteroatoms. The van der Waals surface area contributed by atoms with E-state index in [-0.39, 0.29) is 11.7 Å². The molecule has 0 aliphatic heterocycles. The number of pyridine rings is 1. The number of para-hydroxylation sites is 1. The Morgan fingerprint density at radius 3 is 2.36 bits per heavy atom. The van der Waals surface area contributed by atoms with Gasteiger partial charge in [0.15, 0.2) is 22.5 Å². The van der Waals surface area contributed by atoms with Crippen molar-refractivity contribution in [3.05, 3.63) is 72.6 Å². The zero-order valence-electron chi connectivity index (χ0n) is 19.9. The van der Waals surface area contributed by atoms with E-state index in [4.69, 9.17) is 14.2 Å². The van der Waals surface area contributed by atoms with Gasteiger partial charge in [0.1, 0.15) is 5.75 Å². The lowest BCUT2D eigenvalue weighted by atomic mass is 10.2. The first-order chi connectivity index (χ1) is 17.6. The molecule has 0 saturated heterocycles. The van der Waals surface area contributed by atoms with Crippen LogP contribution >= 0.6 is 11.8 Å². The van der Waals surface area contributed by atoms with Crippen LogP contribution in [0.3, 0.4) is 0 Å². The zero-order chi connectivity index (χ0) is 25.3. The maximum atomic E-state index is 12.5. The highest BCUT2D eigenvalue weighted by Crippen LogP contribution is 2.33. The van der Waals surface area contributed by atoms with Crippen molar-refractivity contribution < 1.29 is 19.0 Å². The van der Waals surface area contributed by atoms with Crippen LogP contribution in [0.1, 0.15) is 5.56 Å². The summed E-state index contributed by atoms with van der Waals surface area (Å²) in [7, 11) is 4.62. The Morgan fingerprint density at radius 1 is 0.972 bits per heavy atom. The van der Waals surface area contributed by atoms with Gasteiger partial charge >= 0.3 is 0 Å². The molecule has 0 fully saturated rings. The first kappa shape index (κ1) is 24.7. The molecule has 36 heavy (non-hydrogen) atoms. The summed E-state index contributed by atoms with van der Waals surface area (Å²) in [6.45, 7) is 0. The van der Waals surface area contributed by atoms with E-state index >= 15 is 0 Å². The number of methoxy groups -OCH3 is 3. The van der Waals surface area contributed by atoms with Crippen LogP contribution in [0, 0.1) is 0 Å². The largest absolute Gasteiger partial charge is 0.496 e. The summed E-state index contributed by atoms with van der Waals surface area (Å²) in [5.41, 5.74) is 4.90. The fourth-order valence-electron chi connectivity index (χ4n) is 3.35. The topological polar surface area (TPSA) is 113 Å². The first-order valence-electron chi connectivity index (χ1n) is 10.8. The fourth-order valence-corrected chi connectivity index (χ4v) is 4.10. The lowest BCUT2D eigenvalue weighted by Crippen LogP contribution is -2.20. The standard InChI is InChI=1S/C25H24N6O4S/c1-33-20-14-22(35-3)21(34-2)13-18(20)15-27-28-23(32)16-36-25-30-29-24(17-9-11-26-12-10-17)31(25)19-7-5-4-6-8-19/h4-15H,16H2,1-3H3,(H,28,32). The van der Waals surface area contributed by atoms with Gasteiger partial charge in [0.2, 0.25) is 0 Å². The van der Waals surface area contributed by atoms with E-state index in [1.165, 1.54) is 25.1 Å². The van der Waals surface area contributed by atoms with Crippen LogP contribution in [0.4, 0.5) is 0 Å². The molecular formula is C25H24N6O4S. The van der Waals surface area contributed by atoms with Crippen LogP contribution in [-0.4, -0.2) is 59.0 Å². The van der Waals surface area contributed by atoms with E-state index < -0.39 is 0 Å². The van der Waals surface area contributed by atoms with Gasteiger partial charge in [0.05, 0.1) is 33.3 Å². The van der Waals surface area contributed by atoms with Gasteiger partial charge < -0.3 is 14.2 Å². The molecule has 4 rings (SSSR count). The Bertz CT molecular complexity index is 1350. The van der Waals surface area contributed by atoms with Gasteiger partial charge in [-0.05, 0) is 30.3 Å². The molecule has 0 unspecified atom stereocenters. The molecule has 4 aromatic rings. The number of hydrogen-bond donors (Lipinski definition) is 1. The quantitative estimate of drug-likeness (QED) is 0.198. The number of hydrogen-bond acceptors (Lipinski definition) is 9. The number of carbonyl (C=O) groups excluding carboxylic acids is 1. The molecule has 184 valence electrons. The molecule has 0 aliphatic carbocycles. The molecule has 2 aromatic heterocycles. The van der Waals surface area contributed by atoms with Crippen LogP contribution in [0.5, 0.6) is 17.2 Å². The molecule has 0 atom stereocenters. The summed E-state index contributed by atoms with van der Waals surface area (Å²) < 4.78 is 17.9. The van der Waals surface area contributed by atoms with E-state index in [0.717, 1.165) is 11.3 Å². The van der Waals surface area contributed by atoms with Gasteiger partial charge in [-0.2, -0.15) is 5.10 Å². The molecule has 0 spiro atoms. The molecule has 2 heterocycles. The van der Waals surface area contributed by atoms with Crippen LogP contribution in [0.2, 0.25) is 0 Å². The van der Waals surface area contributed by atoms with E-state index in [9.17, 15) is 4.79 Å². The minimum Gasteiger partial charge on any atom is -0.496 e. The first-order valence-corrected chi connectivity index (χ1v) is 11.8. The normalized spacial score (nSPS) is 10.9. The average molecular weight is 505 g/mol. The van der Waals surface area contributed by atoms with Gasteiger partial charge in [0.25, 0.3) is 5.91 Å². The van der Waals surface area contributed by atoms with Crippen LogP contribution in [-0.2, 0) is 4.79 Å². The van der Waals surface area contributed by atoms with E-state index in [2.05, 4.69) is 25.7 Å². The molecule has 0 radical (unpaired) electrons. The van der Waals surface area contributed by atoms with Crippen molar-refractivity contribution in [2.24, 2.45) is 5.10 Å². The third-order valence-corrected chi connectivity index (χ3v) is 5.98. The number of ether oxygens (including phenoxy) is 3. The Hall–Kier alpha value is -4.38. The molecule has 1 amide bonds. The number of hydrazone groups is 1. The second-order valence-corrected chi connectivity index (χ2v) is 8.19. The number of rotatable bonds is 10. The summed E-state index contributed by atoms with van der Waals surface area (Å²) in [4.78, 5) is 16.6. The molecule has 0 aliphatic rings. The van der Waals surface area contributed by atoms with Crippen molar-refractivity contribution in [2.75, 3.05) is 27.1 Å². The highest BCUT2D eigenvalue weighted by Gasteiger charge is 2.17. The number of nitrogens with one attached hydrogen (secondary N) is 1. The van der Waals surface area contributed by atoms with Gasteiger partial charge in [-0.1, -0.05) is 30.0 Å². The van der Waals surface area contributed by atoms with Gasteiger partial charge in [-0.25, -0.2) is 5.43 Å². The Labute approximate surface area is 212 Å². The van der Waals surface area contributed by atoms with Crippen molar-refractivity contribution in [3.8, 4) is 34.3 Å². The number of nitrogens with zero attached hydrogens (tertiary/aromatic N) is 5. The van der Waals surface area contributed by atoms with Gasteiger partial charge in [-0.15, -0.1) is 10.2 Å². The lowest BCUT2D eigenvalue weighted by molar-refractivity contribution is -0.118. The Kier molecular flexibility index (Phi) is 8.14. The molecule has 0 saturated carbocycles. The second kappa shape index (κ2) is 11.8. The monoisotopic (exact) mass is 504 g/mol. The highest BCUT2D eigenvalue weighted by atomic mass is 32.2. The van der Waals surface area contributed by atoms with Gasteiger partial charge in [0, 0.05) is 35.3 Å². The number of benzene rings is 2. The maximum Gasteiger partial charge on any atom is 0.250 e. The highest BCUT2D eigenvalue weighted by molar-refractivity contribution is 7.99. The zero-order valence-corrected chi connectivity index (χ0v) is 20.7. The predicted molar refractivity (Wildman–Crippen MR) is 137 cm³/mol. The fraction of sp³-hybridized carbons (Fsp3) is 0.160. The van der Waals surface area contributed by atoms with Gasteiger partial charge in [-0.3, -0.25) is 14.3 Å². The molecule has 10 nitrogen and oxygen atoms in total. The molecule has 2 aromatic carbocycles. The SMILES string of the molecule is COc1cc(OC)c(OC)cc1C=NNC(=O)CSc1nnc(-c2ccncc2)n1-c1ccccc1. The lowest BCUT2D eigenvalue weighted by Gasteiger charge is -2.11. The number of amides is 1. The average Bonchev–Trinajstić information content (AvgIpc) is 3.36. The summed E-state index contributed by atoms with van der Waals surface area (Å²) in [5, 5.41) is 13.3. The molecule has 1 N–H and O–H groups in total. The number of carbonyl (C=O) groups is 1. The van der Waals surface area contributed by atoms with Crippen molar-refractivity contribution in [1.82, 2.24) is 25.2 Å². The molecule has 0 bridgehead atoms. The third kappa shape index (κ3) is 5.63. The van der Waals surface area contributed by atoms with Crippen molar-refractivity contribution >= 4 is 23.9 Å². The van der Waals surface area contributed by atoms with Crippen molar-refractivity contribution in [1.29, 1.82) is 0 Å². The number of aromatic nitrogens is 4. The minimum atomic E-state index is -0.302. The Balaban J connectivity index is 1.47. The third-order valence-electron chi connectivity index (χ3n) is 5.05. The number of thioether (sulfide) groups is 1. The van der Waals surface area contributed by atoms with Crippen molar-refractivity contribution in [3.63, 3.8) is 0 Å². The van der Waals surface area contributed by atoms with E-state index in [1.807, 2.05) is 47.0 Å². The Morgan fingerprint density at radius 2 is 1.67 bits per heavy atom. The second-order valence-electron chi connectivity index (χ2n) is 7.24. The summed E-state index contributed by atoms with van der Waals surface area (Å²) in [6, 6.07) is 16.8. The predicted octanol–water partition coefficient (Wildman–Crippen LogP) is 3.60. The maximum absolute atomic E-state index is 12.5. The minimum absolute atomic E-state index is 0.0850. The van der Waals surface area contributed by atoms with E-state index in [0.29, 0.717) is 33.8 Å². The van der Waals surface area contributed by atoms with Crippen LogP contribution < -0.4 is 19.6 Å². The summed E-state index contributed by atoms with van der Waals surface area (Å²) in [5.74, 6) is 2.02. The van der Waals surface area contributed by atoms with Crippen LogP contribution in [0.15, 0.2) is 77.2 Å². The van der Waals surface area contributed by atoms with Crippen LogP contribution in [0.25, 0.3) is 17.1 Å². The van der Waals surface area contributed by atoms with Crippen molar-refractivity contribution in [2.45, 2.75) is 5.16 Å². The van der Waals surface area contributed by atoms with E-state index in [1.54, 1.807) is 38.7 Å². The molecular weight excluding hydrogens is 480 g/mol. The smallest absolute Gasteiger partial charge is 0.250 e. The summed E-state index contributed by atoms with van der Waals surface area (Å²) >= 11 is 1.26. The summed E-state index contributed by atoms with van der Waals surface area (Å²) in [6.07, 6.45) is 4.88.